The Morgan fingerprint density at radius 3 is 2.85 bits per heavy atom. The minimum absolute atomic E-state index is 0.202. The van der Waals surface area contributed by atoms with Gasteiger partial charge in [-0.1, -0.05) is 0 Å². The van der Waals surface area contributed by atoms with Crippen molar-refractivity contribution in [2.24, 2.45) is 11.7 Å². The van der Waals surface area contributed by atoms with E-state index >= 15 is 0 Å². The summed E-state index contributed by atoms with van der Waals surface area (Å²) < 4.78 is 1.12. The van der Waals surface area contributed by atoms with Gasteiger partial charge >= 0.3 is 0 Å². The highest BCUT2D eigenvalue weighted by atomic mass is 32.1. The third-order valence-electron chi connectivity index (χ3n) is 3.96. The van der Waals surface area contributed by atoms with Crippen LogP contribution in [0.3, 0.4) is 0 Å². The molecule has 1 aromatic heterocycles. The van der Waals surface area contributed by atoms with Crippen LogP contribution < -0.4 is 16.4 Å². The lowest BCUT2D eigenvalue weighted by atomic mass is 9.93. The van der Waals surface area contributed by atoms with E-state index in [1.807, 2.05) is 5.51 Å². The molecule has 0 atom stereocenters. The van der Waals surface area contributed by atoms with Crippen LogP contribution in [-0.4, -0.2) is 24.0 Å². The van der Waals surface area contributed by atoms with Gasteiger partial charge in [-0.05, 0) is 30.9 Å². The van der Waals surface area contributed by atoms with Crippen molar-refractivity contribution in [3.63, 3.8) is 0 Å². The molecule has 1 aromatic carbocycles. The third kappa shape index (κ3) is 2.43. The number of rotatable bonds is 3. The second-order valence-electron chi connectivity index (χ2n) is 5.30. The Labute approximate surface area is 121 Å². The summed E-state index contributed by atoms with van der Waals surface area (Å²) in [5.74, 6) is 0.208. The quantitative estimate of drug-likeness (QED) is 0.846. The maximum Gasteiger partial charge on any atom is 0.217 e. The first-order valence-corrected chi connectivity index (χ1v) is 7.68. The fraction of sp³-hybridized carbons (Fsp3) is 0.429. The second-order valence-corrected chi connectivity index (χ2v) is 6.18. The monoisotopic (exact) mass is 290 g/mol. The molecule has 2 heterocycles. The molecule has 0 aliphatic carbocycles. The molecule has 2 aromatic rings. The topological polar surface area (TPSA) is 85.2 Å². The Balaban J connectivity index is 1.76. The molecule has 4 N–H and O–H groups in total. The molecular weight excluding hydrogens is 272 g/mol. The lowest BCUT2D eigenvalue weighted by Gasteiger charge is -2.33. The van der Waals surface area contributed by atoms with Gasteiger partial charge in [0.05, 0.1) is 21.6 Å². The van der Waals surface area contributed by atoms with E-state index < -0.39 is 0 Å². The number of amides is 1. The number of carbonyl (C=O) groups is 1. The maximum atomic E-state index is 11.0. The molecular formula is C14H18N4OS. The first-order chi connectivity index (χ1) is 9.65. The molecule has 3 rings (SSSR count). The van der Waals surface area contributed by atoms with Gasteiger partial charge in [-0.15, -0.1) is 11.3 Å². The van der Waals surface area contributed by atoms with Gasteiger partial charge in [0.15, 0.2) is 0 Å². The molecule has 0 spiro atoms. The van der Waals surface area contributed by atoms with Crippen LogP contribution in [0.1, 0.15) is 19.3 Å². The molecule has 6 heteroatoms. The summed E-state index contributed by atoms with van der Waals surface area (Å²) in [7, 11) is 0. The number of aromatic nitrogens is 1. The standard InChI is InChI=1S/C14H18N4OS/c15-12(19)7-9-3-5-18(6-4-9)10-1-2-11-14(13(10)16)17-8-20-11/h1-2,8-9H,3-7,16H2,(H2,15,19). The lowest BCUT2D eigenvalue weighted by Crippen LogP contribution is -2.35. The minimum atomic E-state index is -0.202. The highest BCUT2D eigenvalue weighted by molar-refractivity contribution is 7.16. The van der Waals surface area contributed by atoms with Crippen LogP contribution in [0.25, 0.3) is 10.2 Å². The fourth-order valence-corrected chi connectivity index (χ4v) is 3.57. The average Bonchev–Trinajstić information content (AvgIpc) is 2.89. The van der Waals surface area contributed by atoms with E-state index in [9.17, 15) is 4.79 Å². The Hall–Kier alpha value is -1.82. The lowest BCUT2D eigenvalue weighted by molar-refractivity contribution is -0.119. The Kier molecular flexibility index (Phi) is 3.48. The van der Waals surface area contributed by atoms with Crippen molar-refractivity contribution in [1.29, 1.82) is 0 Å². The smallest absolute Gasteiger partial charge is 0.217 e. The summed E-state index contributed by atoms with van der Waals surface area (Å²) >= 11 is 1.60. The number of piperidine rings is 1. The molecule has 1 fully saturated rings. The van der Waals surface area contributed by atoms with Crippen LogP contribution in [0.15, 0.2) is 17.6 Å². The zero-order chi connectivity index (χ0) is 14.1. The van der Waals surface area contributed by atoms with Crippen LogP contribution >= 0.6 is 11.3 Å². The number of nitrogen functional groups attached to an aromatic ring is 1. The summed E-state index contributed by atoms with van der Waals surface area (Å²) in [5.41, 5.74) is 16.0. The van der Waals surface area contributed by atoms with Crippen molar-refractivity contribution in [1.82, 2.24) is 4.98 Å². The van der Waals surface area contributed by atoms with Crippen molar-refractivity contribution in [2.45, 2.75) is 19.3 Å². The van der Waals surface area contributed by atoms with Gasteiger partial charge in [0.1, 0.15) is 5.52 Å². The molecule has 0 bridgehead atoms. The zero-order valence-corrected chi connectivity index (χ0v) is 12.0. The van der Waals surface area contributed by atoms with Crippen LogP contribution in [0.5, 0.6) is 0 Å². The number of thiazole rings is 1. The third-order valence-corrected chi connectivity index (χ3v) is 4.76. The normalized spacial score (nSPS) is 16.7. The first-order valence-electron chi connectivity index (χ1n) is 6.80. The number of hydrogen-bond donors (Lipinski definition) is 2. The van der Waals surface area contributed by atoms with E-state index in [0.717, 1.165) is 47.5 Å². The fourth-order valence-electron chi connectivity index (χ4n) is 2.88. The molecule has 106 valence electrons. The molecule has 1 aliphatic rings. The summed E-state index contributed by atoms with van der Waals surface area (Å²) in [6, 6.07) is 4.15. The van der Waals surface area contributed by atoms with Crippen LogP contribution in [-0.2, 0) is 4.79 Å². The number of primary amides is 1. The molecule has 5 nitrogen and oxygen atoms in total. The Bertz CT molecular complexity index is 631. The second kappa shape index (κ2) is 5.28. The zero-order valence-electron chi connectivity index (χ0n) is 11.2. The van der Waals surface area contributed by atoms with E-state index in [1.54, 1.807) is 11.3 Å². The van der Waals surface area contributed by atoms with Gasteiger partial charge in [-0.3, -0.25) is 4.79 Å². The van der Waals surface area contributed by atoms with Crippen molar-refractivity contribution in [3.05, 3.63) is 17.6 Å². The van der Waals surface area contributed by atoms with Gasteiger partial charge in [-0.25, -0.2) is 4.98 Å². The van der Waals surface area contributed by atoms with E-state index in [4.69, 9.17) is 11.5 Å². The number of fused-ring (bicyclic) bond motifs is 1. The highest BCUT2D eigenvalue weighted by Gasteiger charge is 2.22. The molecule has 0 unspecified atom stereocenters. The van der Waals surface area contributed by atoms with Crippen LogP contribution in [0.2, 0.25) is 0 Å². The number of nitrogens with two attached hydrogens (primary N) is 2. The van der Waals surface area contributed by atoms with Crippen molar-refractivity contribution >= 4 is 38.8 Å². The van der Waals surface area contributed by atoms with Crippen molar-refractivity contribution in [2.75, 3.05) is 23.7 Å². The maximum absolute atomic E-state index is 11.0. The highest BCUT2D eigenvalue weighted by Crippen LogP contribution is 2.34. The number of hydrogen-bond acceptors (Lipinski definition) is 5. The molecule has 1 aliphatic heterocycles. The molecule has 0 saturated carbocycles. The van der Waals surface area contributed by atoms with E-state index in [2.05, 4.69) is 22.0 Å². The van der Waals surface area contributed by atoms with Gasteiger partial charge in [0.25, 0.3) is 0 Å². The number of benzene rings is 1. The van der Waals surface area contributed by atoms with E-state index in [1.165, 1.54) is 0 Å². The number of carbonyl (C=O) groups excluding carboxylic acids is 1. The van der Waals surface area contributed by atoms with Crippen LogP contribution in [0, 0.1) is 5.92 Å². The summed E-state index contributed by atoms with van der Waals surface area (Å²) in [6.45, 7) is 1.83. The molecule has 0 radical (unpaired) electrons. The SMILES string of the molecule is NC(=O)CC1CCN(c2ccc3scnc3c2N)CC1. The molecule has 1 saturated heterocycles. The van der Waals surface area contributed by atoms with E-state index in [-0.39, 0.29) is 5.91 Å². The molecule has 20 heavy (non-hydrogen) atoms. The summed E-state index contributed by atoms with van der Waals surface area (Å²) in [6.07, 6.45) is 2.46. The summed E-state index contributed by atoms with van der Waals surface area (Å²) in [4.78, 5) is 17.6. The molecule has 1 amide bonds. The van der Waals surface area contributed by atoms with Crippen molar-refractivity contribution < 1.29 is 4.79 Å². The number of anilines is 2. The predicted molar refractivity (Wildman–Crippen MR) is 82.8 cm³/mol. The summed E-state index contributed by atoms with van der Waals surface area (Å²) in [5, 5.41) is 0. The predicted octanol–water partition coefficient (Wildman–Crippen LogP) is 1.97. The van der Waals surface area contributed by atoms with Crippen molar-refractivity contribution in [3.8, 4) is 0 Å². The largest absolute Gasteiger partial charge is 0.395 e. The van der Waals surface area contributed by atoms with Gasteiger partial charge in [0.2, 0.25) is 5.91 Å². The van der Waals surface area contributed by atoms with Gasteiger partial charge in [0, 0.05) is 19.5 Å². The first kappa shape index (κ1) is 13.2. The number of nitrogens with zero attached hydrogens (tertiary/aromatic N) is 2. The minimum Gasteiger partial charge on any atom is -0.395 e. The Morgan fingerprint density at radius 1 is 1.40 bits per heavy atom. The average molecular weight is 290 g/mol. The van der Waals surface area contributed by atoms with Gasteiger partial charge in [-0.2, -0.15) is 0 Å². The Morgan fingerprint density at radius 2 is 2.15 bits per heavy atom. The van der Waals surface area contributed by atoms with E-state index in [0.29, 0.717) is 12.3 Å². The van der Waals surface area contributed by atoms with Gasteiger partial charge < -0.3 is 16.4 Å². The van der Waals surface area contributed by atoms with Crippen LogP contribution in [0.4, 0.5) is 11.4 Å².